The molecule has 24 heavy (non-hydrogen) atoms. The summed E-state index contributed by atoms with van der Waals surface area (Å²) in [5, 5.41) is 13.7. The van der Waals surface area contributed by atoms with Crippen molar-refractivity contribution in [2.24, 2.45) is 0 Å². The fourth-order valence-electron chi connectivity index (χ4n) is 3.00. The van der Waals surface area contributed by atoms with Crippen molar-refractivity contribution in [3.8, 4) is 5.75 Å². The molecule has 5 nitrogen and oxygen atoms in total. The van der Waals surface area contributed by atoms with Gasteiger partial charge in [0.1, 0.15) is 12.4 Å². The van der Waals surface area contributed by atoms with Gasteiger partial charge in [-0.15, -0.1) is 0 Å². The second-order valence-electron chi connectivity index (χ2n) is 6.47. The number of aliphatic hydroxyl groups is 1. The van der Waals surface area contributed by atoms with Gasteiger partial charge in [-0.25, -0.2) is 0 Å². The quantitative estimate of drug-likeness (QED) is 0.829. The van der Waals surface area contributed by atoms with Crippen LogP contribution in [0.4, 0.5) is 0 Å². The van der Waals surface area contributed by atoms with Crippen LogP contribution in [-0.4, -0.2) is 32.9 Å². The van der Waals surface area contributed by atoms with E-state index in [2.05, 4.69) is 28.7 Å². The van der Waals surface area contributed by atoms with Gasteiger partial charge in [-0.1, -0.05) is 18.7 Å². The summed E-state index contributed by atoms with van der Waals surface area (Å²) < 4.78 is 7.76. The largest absolute Gasteiger partial charge is 0.489 e. The molecule has 5 heteroatoms. The van der Waals surface area contributed by atoms with Crippen molar-refractivity contribution in [1.82, 2.24) is 14.7 Å². The first kappa shape index (κ1) is 16.7. The number of aromatic nitrogens is 2. The zero-order chi connectivity index (χ0) is 16.9. The first-order valence-corrected chi connectivity index (χ1v) is 8.39. The van der Waals surface area contributed by atoms with E-state index in [1.54, 1.807) is 0 Å². The monoisotopic (exact) mass is 327 g/mol. The normalized spacial score (nSPS) is 14.9. The number of rotatable bonds is 6. The van der Waals surface area contributed by atoms with E-state index >= 15 is 0 Å². The number of hydrogen-bond acceptors (Lipinski definition) is 4. The first-order chi connectivity index (χ1) is 11.6. The highest BCUT2D eigenvalue weighted by Crippen LogP contribution is 2.19. The molecule has 0 unspecified atom stereocenters. The fraction of sp³-hybridized carbons (Fsp3) is 0.421. The van der Waals surface area contributed by atoms with E-state index in [4.69, 9.17) is 4.74 Å². The zero-order valence-corrected chi connectivity index (χ0v) is 14.2. The molecule has 1 aliphatic heterocycles. The standard InChI is InChI=1S/C19H25N3O2/c1-15(2)14-24-19-6-3-5-16(9-19)11-21-7-4-8-22-18(12-21)10-17(13-23)20-22/h3,5-6,9-10,23H,1,4,7-8,11-14H2,2H3. The molecule has 0 saturated heterocycles. The molecule has 0 atom stereocenters. The number of hydrogen-bond donors (Lipinski definition) is 1. The van der Waals surface area contributed by atoms with E-state index < -0.39 is 0 Å². The Morgan fingerprint density at radius 3 is 3.00 bits per heavy atom. The summed E-state index contributed by atoms with van der Waals surface area (Å²) in [7, 11) is 0. The fourth-order valence-corrected chi connectivity index (χ4v) is 3.00. The lowest BCUT2D eigenvalue weighted by Gasteiger charge is -2.20. The average molecular weight is 327 g/mol. The van der Waals surface area contributed by atoms with Crippen molar-refractivity contribution < 1.29 is 9.84 Å². The predicted molar refractivity (Wildman–Crippen MR) is 93.6 cm³/mol. The lowest BCUT2D eigenvalue weighted by atomic mass is 10.2. The predicted octanol–water partition coefficient (Wildman–Crippen LogP) is 2.74. The van der Waals surface area contributed by atoms with Crippen LogP contribution in [0.3, 0.4) is 0 Å². The molecule has 0 radical (unpaired) electrons. The Morgan fingerprint density at radius 1 is 1.33 bits per heavy atom. The Hall–Kier alpha value is -2.11. The molecular formula is C19H25N3O2. The second kappa shape index (κ2) is 7.64. The third-order valence-corrected chi connectivity index (χ3v) is 4.10. The highest BCUT2D eigenvalue weighted by molar-refractivity contribution is 5.29. The van der Waals surface area contributed by atoms with Gasteiger partial charge in [0.15, 0.2) is 0 Å². The zero-order valence-electron chi connectivity index (χ0n) is 14.2. The van der Waals surface area contributed by atoms with Gasteiger partial charge in [-0.05, 0) is 42.7 Å². The highest BCUT2D eigenvalue weighted by atomic mass is 16.5. The van der Waals surface area contributed by atoms with Crippen LogP contribution in [0.1, 0.15) is 30.3 Å². The summed E-state index contributed by atoms with van der Waals surface area (Å²) in [5.41, 5.74) is 4.18. The van der Waals surface area contributed by atoms with Crippen LogP contribution >= 0.6 is 0 Å². The Morgan fingerprint density at radius 2 is 2.21 bits per heavy atom. The molecule has 1 N–H and O–H groups in total. The lowest BCUT2D eigenvalue weighted by molar-refractivity contribution is 0.259. The number of benzene rings is 1. The Labute approximate surface area is 143 Å². The van der Waals surface area contributed by atoms with Crippen LogP contribution in [0, 0.1) is 0 Å². The molecule has 2 aromatic rings. The Balaban J connectivity index is 1.67. The molecule has 1 aromatic heterocycles. The number of fused-ring (bicyclic) bond motifs is 1. The topological polar surface area (TPSA) is 50.5 Å². The summed E-state index contributed by atoms with van der Waals surface area (Å²) in [5.74, 6) is 0.887. The van der Waals surface area contributed by atoms with E-state index in [0.29, 0.717) is 6.61 Å². The molecule has 0 bridgehead atoms. The summed E-state index contributed by atoms with van der Waals surface area (Å²) in [6.07, 6.45) is 1.06. The third kappa shape index (κ3) is 4.24. The summed E-state index contributed by atoms with van der Waals surface area (Å²) in [6.45, 7) is 10.1. The molecule has 128 valence electrons. The number of ether oxygens (including phenoxy) is 1. The minimum atomic E-state index is 0.00209. The van der Waals surface area contributed by atoms with Crippen molar-refractivity contribution in [2.45, 2.75) is 39.6 Å². The van der Waals surface area contributed by atoms with Crippen molar-refractivity contribution in [3.05, 3.63) is 59.4 Å². The van der Waals surface area contributed by atoms with Crippen LogP contribution in [0.25, 0.3) is 0 Å². The average Bonchev–Trinajstić information content (AvgIpc) is 2.86. The molecular weight excluding hydrogens is 302 g/mol. The molecule has 1 aliphatic rings. The van der Waals surface area contributed by atoms with E-state index in [1.165, 1.54) is 11.3 Å². The smallest absolute Gasteiger partial charge is 0.120 e. The van der Waals surface area contributed by atoms with Gasteiger partial charge in [-0.3, -0.25) is 9.58 Å². The maximum atomic E-state index is 9.27. The van der Waals surface area contributed by atoms with E-state index in [9.17, 15) is 5.11 Å². The Kier molecular flexibility index (Phi) is 5.33. The van der Waals surface area contributed by atoms with Crippen molar-refractivity contribution in [2.75, 3.05) is 13.2 Å². The number of aryl methyl sites for hydroxylation is 1. The molecule has 0 saturated carbocycles. The first-order valence-electron chi connectivity index (χ1n) is 8.39. The van der Waals surface area contributed by atoms with Gasteiger partial charge in [-0.2, -0.15) is 5.10 Å². The SMILES string of the molecule is C=C(C)COc1cccc(CN2CCCn3nc(CO)cc3C2)c1. The molecule has 0 amide bonds. The summed E-state index contributed by atoms with van der Waals surface area (Å²) >= 11 is 0. The second-order valence-corrected chi connectivity index (χ2v) is 6.47. The highest BCUT2D eigenvalue weighted by Gasteiger charge is 2.16. The van der Waals surface area contributed by atoms with Crippen LogP contribution in [0.15, 0.2) is 42.5 Å². The van der Waals surface area contributed by atoms with Crippen LogP contribution in [-0.2, 0) is 26.2 Å². The molecule has 2 heterocycles. The molecule has 0 fully saturated rings. The summed E-state index contributed by atoms with van der Waals surface area (Å²) in [6, 6.07) is 10.3. The van der Waals surface area contributed by atoms with Crippen molar-refractivity contribution >= 4 is 0 Å². The Bertz CT molecular complexity index is 708. The van der Waals surface area contributed by atoms with Gasteiger partial charge in [0.05, 0.1) is 18.0 Å². The van der Waals surface area contributed by atoms with Gasteiger partial charge in [0.2, 0.25) is 0 Å². The molecule has 0 spiro atoms. The van der Waals surface area contributed by atoms with E-state index in [0.717, 1.165) is 49.6 Å². The molecule has 1 aromatic carbocycles. The number of aliphatic hydroxyl groups excluding tert-OH is 1. The van der Waals surface area contributed by atoms with Crippen molar-refractivity contribution in [3.63, 3.8) is 0 Å². The minimum Gasteiger partial charge on any atom is -0.489 e. The van der Waals surface area contributed by atoms with Gasteiger partial charge >= 0.3 is 0 Å². The minimum absolute atomic E-state index is 0.00209. The van der Waals surface area contributed by atoms with E-state index in [-0.39, 0.29) is 6.61 Å². The summed E-state index contributed by atoms with van der Waals surface area (Å²) in [4.78, 5) is 2.42. The molecule has 0 aliphatic carbocycles. The van der Waals surface area contributed by atoms with Crippen molar-refractivity contribution in [1.29, 1.82) is 0 Å². The third-order valence-electron chi connectivity index (χ3n) is 4.10. The maximum Gasteiger partial charge on any atom is 0.120 e. The van der Waals surface area contributed by atoms with Crippen LogP contribution in [0.2, 0.25) is 0 Å². The lowest BCUT2D eigenvalue weighted by Crippen LogP contribution is -2.22. The number of nitrogens with zero attached hydrogens (tertiary/aromatic N) is 3. The van der Waals surface area contributed by atoms with Gasteiger partial charge in [0.25, 0.3) is 0 Å². The van der Waals surface area contributed by atoms with Gasteiger partial charge < -0.3 is 9.84 Å². The maximum absolute atomic E-state index is 9.27. The van der Waals surface area contributed by atoms with Crippen LogP contribution in [0.5, 0.6) is 5.75 Å². The van der Waals surface area contributed by atoms with Gasteiger partial charge in [0, 0.05) is 26.2 Å². The van der Waals surface area contributed by atoms with E-state index in [1.807, 2.05) is 29.8 Å². The molecule has 3 rings (SSSR count). The van der Waals surface area contributed by atoms with Crippen LogP contribution < -0.4 is 4.74 Å².